The summed E-state index contributed by atoms with van der Waals surface area (Å²) in [6.45, 7) is 5.37. The first-order valence-electron chi connectivity index (χ1n) is 9.92. The van der Waals surface area contributed by atoms with Crippen LogP contribution in [0.5, 0.6) is 5.75 Å². The predicted molar refractivity (Wildman–Crippen MR) is 128 cm³/mol. The number of rotatable bonds is 7. The number of methoxy groups -OCH3 is 1. The maximum absolute atomic E-state index is 13.5. The molecule has 0 spiro atoms. The van der Waals surface area contributed by atoms with Gasteiger partial charge in [0.05, 0.1) is 17.7 Å². The first kappa shape index (κ1) is 23.6. The summed E-state index contributed by atoms with van der Waals surface area (Å²) >= 11 is 6.11. The molecule has 0 aliphatic rings. The van der Waals surface area contributed by atoms with E-state index in [0.29, 0.717) is 22.1 Å². The Morgan fingerprint density at radius 2 is 1.62 bits per heavy atom. The van der Waals surface area contributed by atoms with E-state index >= 15 is 0 Å². The predicted octanol–water partition coefficient (Wildman–Crippen LogP) is 5.11. The van der Waals surface area contributed by atoms with E-state index in [9.17, 15) is 13.2 Å². The molecule has 3 aromatic carbocycles. The minimum absolute atomic E-state index is 0.0359. The van der Waals surface area contributed by atoms with Gasteiger partial charge in [-0.25, -0.2) is 8.42 Å². The second kappa shape index (κ2) is 9.63. The number of nitrogens with one attached hydrogen (secondary N) is 1. The summed E-state index contributed by atoms with van der Waals surface area (Å²) in [4.78, 5) is 13.0. The molecule has 0 saturated carbocycles. The Labute approximate surface area is 193 Å². The van der Waals surface area contributed by atoms with E-state index in [2.05, 4.69) is 5.32 Å². The van der Waals surface area contributed by atoms with E-state index < -0.39 is 22.5 Å². The topological polar surface area (TPSA) is 75.7 Å². The zero-order chi connectivity index (χ0) is 23.5. The van der Waals surface area contributed by atoms with Crippen molar-refractivity contribution in [3.63, 3.8) is 0 Å². The number of benzene rings is 3. The van der Waals surface area contributed by atoms with Crippen LogP contribution in [0.2, 0.25) is 5.02 Å². The maximum atomic E-state index is 13.5. The third kappa shape index (κ3) is 5.23. The van der Waals surface area contributed by atoms with Crippen LogP contribution in [0, 0.1) is 20.8 Å². The highest BCUT2D eigenvalue weighted by atomic mass is 35.5. The Morgan fingerprint density at radius 3 is 2.19 bits per heavy atom. The molecule has 1 amide bonds. The minimum atomic E-state index is -4.05. The molecule has 0 radical (unpaired) electrons. The number of aryl methyl sites for hydroxylation is 3. The van der Waals surface area contributed by atoms with Crippen LogP contribution in [0.4, 0.5) is 11.4 Å². The zero-order valence-electron chi connectivity index (χ0n) is 18.3. The van der Waals surface area contributed by atoms with Gasteiger partial charge in [-0.3, -0.25) is 9.10 Å². The van der Waals surface area contributed by atoms with Gasteiger partial charge in [0.15, 0.2) is 0 Å². The second-order valence-corrected chi connectivity index (χ2v) is 9.79. The number of halogens is 1. The Morgan fingerprint density at radius 1 is 1.00 bits per heavy atom. The van der Waals surface area contributed by atoms with Crippen LogP contribution in [0.15, 0.2) is 65.6 Å². The number of anilines is 2. The largest absolute Gasteiger partial charge is 0.497 e. The van der Waals surface area contributed by atoms with E-state index in [1.807, 2.05) is 32.9 Å². The molecular formula is C24H25ClN2O4S. The van der Waals surface area contributed by atoms with Gasteiger partial charge in [0.25, 0.3) is 10.0 Å². The molecule has 1 N–H and O–H groups in total. The van der Waals surface area contributed by atoms with E-state index in [-0.39, 0.29) is 4.90 Å². The van der Waals surface area contributed by atoms with Gasteiger partial charge in [-0.15, -0.1) is 0 Å². The van der Waals surface area contributed by atoms with Gasteiger partial charge in [-0.2, -0.15) is 0 Å². The standard InChI is InChI=1S/C24H25ClN2O4S/c1-16-12-17(2)24(18(3)13-16)26-23(28)15-27(20-7-5-6-19(25)14-20)32(29,30)22-10-8-21(31-4)9-11-22/h5-14H,15H2,1-4H3,(H,26,28). The molecule has 0 aliphatic carbocycles. The first-order valence-corrected chi connectivity index (χ1v) is 11.7. The lowest BCUT2D eigenvalue weighted by Crippen LogP contribution is -2.38. The summed E-state index contributed by atoms with van der Waals surface area (Å²) in [7, 11) is -2.55. The Kier molecular flexibility index (Phi) is 7.11. The average molecular weight is 473 g/mol. The van der Waals surface area contributed by atoms with E-state index in [1.54, 1.807) is 30.3 Å². The lowest BCUT2D eigenvalue weighted by molar-refractivity contribution is -0.114. The van der Waals surface area contributed by atoms with Gasteiger partial charge in [0, 0.05) is 10.7 Å². The quantitative estimate of drug-likeness (QED) is 0.518. The summed E-state index contributed by atoms with van der Waals surface area (Å²) in [5.41, 5.74) is 3.86. The SMILES string of the molecule is COc1ccc(S(=O)(=O)N(CC(=O)Nc2c(C)cc(C)cc2C)c2cccc(Cl)c2)cc1. The molecule has 0 heterocycles. The van der Waals surface area contributed by atoms with Crippen molar-refractivity contribution in [1.82, 2.24) is 0 Å². The highest BCUT2D eigenvalue weighted by molar-refractivity contribution is 7.92. The van der Waals surface area contributed by atoms with Gasteiger partial charge >= 0.3 is 0 Å². The van der Waals surface area contributed by atoms with E-state index in [1.165, 1.54) is 25.3 Å². The first-order chi connectivity index (χ1) is 15.1. The molecule has 6 nitrogen and oxygen atoms in total. The normalized spacial score (nSPS) is 11.2. The molecule has 3 rings (SSSR count). The monoisotopic (exact) mass is 472 g/mol. The highest BCUT2D eigenvalue weighted by Crippen LogP contribution is 2.28. The third-order valence-electron chi connectivity index (χ3n) is 4.97. The highest BCUT2D eigenvalue weighted by Gasteiger charge is 2.28. The van der Waals surface area contributed by atoms with Crippen LogP contribution in [0.25, 0.3) is 0 Å². The number of ether oxygens (including phenoxy) is 1. The number of hydrogen-bond acceptors (Lipinski definition) is 4. The summed E-state index contributed by atoms with van der Waals surface area (Å²) < 4.78 is 33.1. The van der Waals surface area contributed by atoms with Crippen LogP contribution in [0.1, 0.15) is 16.7 Å². The van der Waals surface area contributed by atoms with Gasteiger partial charge < -0.3 is 10.1 Å². The van der Waals surface area contributed by atoms with Gasteiger partial charge in [-0.05, 0) is 74.4 Å². The molecule has 8 heteroatoms. The van der Waals surface area contributed by atoms with Gasteiger partial charge in [0.1, 0.15) is 12.3 Å². The van der Waals surface area contributed by atoms with Crippen molar-refractivity contribution >= 4 is 38.9 Å². The molecule has 0 bridgehead atoms. The molecule has 168 valence electrons. The zero-order valence-corrected chi connectivity index (χ0v) is 19.9. The van der Waals surface area contributed by atoms with E-state index in [0.717, 1.165) is 21.0 Å². The van der Waals surface area contributed by atoms with Crippen molar-refractivity contribution in [3.8, 4) is 5.75 Å². The van der Waals surface area contributed by atoms with Crippen LogP contribution < -0.4 is 14.4 Å². The van der Waals surface area contributed by atoms with Crippen molar-refractivity contribution in [1.29, 1.82) is 0 Å². The van der Waals surface area contributed by atoms with Crippen molar-refractivity contribution in [2.45, 2.75) is 25.7 Å². The maximum Gasteiger partial charge on any atom is 0.264 e. The number of carbonyl (C=O) groups is 1. The molecule has 0 fully saturated rings. The van der Waals surface area contributed by atoms with Crippen LogP contribution in [0.3, 0.4) is 0 Å². The smallest absolute Gasteiger partial charge is 0.264 e. The number of hydrogen-bond donors (Lipinski definition) is 1. The lowest BCUT2D eigenvalue weighted by Gasteiger charge is -2.25. The van der Waals surface area contributed by atoms with Crippen molar-refractivity contribution in [3.05, 3.63) is 82.4 Å². The number of sulfonamides is 1. The summed E-state index contributed by atoms with van der Waals surface area (Å²) in [6.07, 6.45) is 0. The number of carbonyl (C=O) groups excluding carboxylic acids is 1. The fourth-order valence-corrected chi connectivity index (χ4v) is 5.11. The van der Waals surface area contributed by atoms with Crippen LogP contribution >= 0.6 is 11.6 Å². The fraction of sp³-hybridized carbons (Fsp3) is 0.208. The van der Waals surface area contributed by atoms with E-state index in [4.69, 9.17) is 16.3 Å². The second-order valence-electron chi connectivity index (χ2n) is 7.49. The minimum Gasteiger partial charge on any atom is -0.497 e. The summed E-state index contributed by atoms with van der Waals surface area (Å²) in [5, 5.41) is 3.23. The number of nitrogens with zero attached hydrogens (tertiary/aromatic N) is 1. The average Bonchev–Trinajstić information content (AvgIpc) is 2.74. The Bertz CT molecular complexity index is 1220. The molecule has 0 unspecified atom stereocenters. The van der Waals surface area contributed by atoms with Gasteiger partial charge in [-0.1, -0.05) is 35.4 Å². The van der Waals surface area contributed by atoms with Gasteiger partial charge in [0.2, 0.25) is 5.91 Å². The lowest BCUT2D eigenvalue weighted by atomic mass is 10.1. The molecule has 0 aliphatic heterocycles. The molecule has 32 heavy (non-hydrogen) atoms. The van der Waals surface area contributed by atoms with Crippen LogP contribution in [-0.4, -0.2) is 28.0 Å². The molecule has 0 aromatic heterocycles. The third-order valence-corrected chi connectivity index (χ3v) is 7.00. The molecular weight excluding hydrogens is 448 g/mol. The molecule has 3 aromatic rings. The number of amides is 1. The summed E-state index contributed by atoms with van der Waals surface area (Å²) in [6, 6.07) is 16.3. The molecule has 0 atom stereocenters. The fourth-order valence-electron chi connectivity index (χ4n) is 3.51. The van der Waals surface area contributed by atoms with Crippen molar-refractivity contribution < 1.29 is 17.9 Å². The molecule has 0 saturated heterocycles. The van der Waals surface area contributed by atoms with Crippen molar-refractivity contribution in [2.75, 3.05) is 23.3 Å². The Hall–Kier alpha value is -3.03. The summed E-state index contributed by atoms with van der Waals surface area (Å²) in [5.74, 6) is 0.0680. The van der Waals surface area contributed by atoms with Crippen molar-refractivity contribution in [2.24, 2.45) is 0 Å². The Balaban J connectivity index is 1.97. The van der Waals surface area contributed by atoms with Crippen LogP contribution in [-0.2, 0) is 14.8 Å².